The van der Waals surface area contributed by atoms with Crippen molar-refractivity contribution >= 4 is 35.0 Å². The van der Waals surface area contributed by atoms with E-state index in [0.717, 1.165) is 0 Å². The number of carbonyl (C=O) groups is 3. The minimum atomic E-state index is -0.275. The van der Waals surface area contributed by atoms with Crippen molar-refractivity contribution in [2.45, 2.75) is 12.8 Å². The number of nitrogens with one attached hydrogen (secondary N) is 2. The minimum Gasteiger partial charge on any atom is -0.352 e. The molecule has 2 aromatic rings. The van der Waals surface area contributed by atoms with E-state index in [9.17, 15) is 14.4 Å². The maximum Gasteiger partial charge on any atom is 0.255 e. The fourth-order valence-electron chi connectivity index (χ4n) is 3.38. The molecule has 0 spiro atoms. The van der Waals surface area contributed by atoms with E-state index in [0.29, 0.717) is 54.3 Å². The summed E-state index contributed by atoms with van der Waals surface area (Å²) in [4.78, 5) is 39.1. The second kappa shape index (κ2) is 10.1. The molecular formula is C23H24ClN3O3. The average molecular weight is 426 g/mol. The highest BCUT2D eigenvalue weighted by Crippen LogP contribution is 2.21. The fraction of sp³-hybridized carbons (Fsp3) is 0.261. The summed E-state index contributed by atoms with van der Waals surface area (Å²) >= 11 is 5.85. The van der Waals surface area contributed by atoms with Gasteiger partial charge in [-0.2, -0.15) is 0 Å². The molecule has 0 radical (unpaired) electrons. The molecule has 156 valence electrons. The fourth-order valence-corrected chi connectivity index (χ4v) is 3.50. The molecule has 3 rings (SSSR count). The van der Waals surface area contributed by atoms with Crippen molar-refractivity contribution in [3.63, 3.8) is 0 Å². The molecule has 6 nitrogen and oxygen atoms in total. The quantitative estimate of drug-likeness (QED) is 0.692. The Balaban J connectivity index is 1.59. The maximum absolute atomic E-state index is 12.9. The van der Waals surface area contributed by atoms with Gasteiger partial charge in [0, 0.05) is 47.4 Å². The lowest BCUT2D eigenvalue weighted by Crippen LogP contribution is -2.43. The van der Waals surface area contributed by atoms with Crippen LogP contribution >= 0.6 is 11.6 Å². The normalized spacial score (nSPS) is 14.1. The van der Waals surface area contributed by atoms with Gasteiger partial charge in [-0.3, -0.25) is 14.4 Å². The smallest absolute Gasteiger partial charge is 0.255 e. The molecule has 3 amide bonds. The molecule has 0 saturated carbocycles. The molecule has 0 atom stereocenters. The van der Waals surface area contributed by atoms with Crippen LogP contribution in [0.3, 0.4) is 0 Å². The summed E-state index contributed by atoms with van der Waals surface area (Å²) in [6, 6.07) is 13.4. The third-order valence-corrected chi connectivity index (χ3v) is 5.30. The van der Waals surface area contributed by atoms with Crippen LogP contribution in [0.1, 0.15) is 33.6 Å². The van der Waals surface area contributed by atoms with Crippen molar-refractivity contribution in [2.24, 2.45) is 5.92 Å². The number of nitrogens with zero attached hydrogens (tertiary/aromatic N) is 1. The molecule has 7 heteroatoms. The Morgan fingerprint density at radius 2 is 1.77 bits per heavy atom. The van der Waals surface area contributed by atoms with Crippen molar-refractivity contribution in [1.82, 2.24) is 10.2 Å². The van der Waals surface area contributed by atoms with E-state index in [4.69, 9.17) is 11.6 Å². The highest BCUT2D eigenvalue weighted by Gasteiger charge is 2.27. The molecular weight excluding hydrogens is 402 g/mol. The van der Waals surface area contributed by atoms with Crippen molar-refractivity contribution < 1.29 is 14.4 Å². The van der Waals surface area contributed by atoms with Crippen LogP contribution in [0, 0.1) is 5.92 Å². The zero-order chi connectivity index (χ0) is 21.5. The molecule has 1 heterocycles. The molecule has 2 N–H and O–H groups in total. The summed E-state index contributed by atoms with van der Waals surface area (Å²) < 4.78 is 0. The van der Waals surface area contributed by atoms with Crippen molar-refractivity contribution in [2.75, 3.05) is 25.0 Å². The number of benzene rings is 2. The van der Waals surface area contributed by atoms with Gasteiger partial charge >= 0.3 is 0 Å². The molecule has 1 fully saturated rings. The van der Waals surface area contributed by atoms with Gasteiger partial charge in [-0.05, 0) is 55.3 Å². The lowest BCUT2D eigenvalue weighted by molar-refractivity contribution is -0.126. The number of carbonyl (C=O) groups excluding carboxylic acids is 3. The molecule has 30 heavy (non-hydrogen) atoms. The third-order valence-electron chi connectivity index (χ3n) is 5.05. The Labute approximate surface area is 180 Å². The first-order chi connectivity index (χ1) is 14.5. The molecule has 1 aliphatic heterocycles. The van der Waals surface area contributed by atoms with Crippen LogP contribution in [-0.4, -0.2) is 42.3 Å². The number of halogens is 1. The van der Waals surface area contributed by atoms with Gasteiger partial charge in [0.05, 0.1) is 0 Å². The van der Waals surface area contributed by atoms with Crippen LogP contribution < -0.4 is 10.6 Å². The van der Waals surface area contributed by atoms with E-state index < -0.39 is 0 Å². The maximum atomic E-state index is 12.9. The summed E-state index contributed by atoms with van der Waals surface area (Å²) in [7, 11) is 0. The van der Waals surface area contributed by atoms with Gasteiger partial charge in [-0.1, -0.05) is 23.7 Å². The van der Waals surface area contributed by atoms with Crippen molar-refractivity contribution in [1.29, 1.82) is 0 Å². The highest BCUT2D eigenvalue weighted by molar-refractivity contribution is 6.30. The average Bonchev–Trinajstić information content (AvgIpc) is 2.77. The summed E-state index contributed by atoms with van der Waals surface area (Å²) in [6.45, 7) is 5.08. The Morgan fingerprint density at radius 3 is 2.43 bits per heavy atom. The monoisotopic (exact) mass is 425 g/mol. The molecule has 1 saturated heterocycles. The van der Waals surface area contributed by atoms with E-state index in [-0.39, 0.29) is 23.6 Å². The molecule has 0 aliphatic carbocycles. The third kappa shape index (κ3) is 5.48. The van der Waals surface area contributed by atoms with Gasteiger partial charge in [0.1, 0.15) is 0 Å². The van der Waals surface area contributed by atoms with Gasteiger partial charge in [0.2, 0.25) is 5.91 Å². The first-order valence-electron chi connectivity index (χ1n) is 9.83. The minimum absolute atomic E-state index is 0.00825. The number of anilines is 1. The predicted octanol–water partition coefficient (Wildman–Crippen LogP) is 3.75. The molecule has 0 bridgehead atoms. The number of likely N-dealkylation sites (tertiary alicyclic amines) is 1. The van der Waals surface area contributed by atoms with Gasteiger partial charge in [0.15, 0.2) is 0 Å². The van der Waals surface area contributed by atoms with E-state index in [2.05, 4.69) is 17.2 Å². The number of hydrogen-bond donors (Lipinski definition) is 2. The van der Waals surface area contributed by atoms with Crippen LogP contribution in [0.5, 0.6) is 0 Å². The Bertz CT molecular complexity index is 935. The highest BCUT2D eigenvalue weighted by atomic mass is 35.5. The second-order valence-electron chi connectivity index (χ2n) is 7.14. The molecule has 2 aromatic carbocycles. The first-order valence-corrected chi connectivity index (χ1v) is 10.2. The second-order valence-corrected chi connectivity index (χ2v) is 7.58. The van der Waals surface area contributed by atoms with E-state index in [1.807, 2.05) is 0 Å². The number of hydrogen-bond acceptors (Lipinski definition) is 3. The number of amides is 3. The first kappa shape index (κ1) is 21.6. The Kier molecular flexibility index (Phi) is 7.25. The Hall–Kier alpha value is -3.12. The van der Waals surface area contributed by atoms with Crippen LogP contribution in [0.4, 0.5) is 5.69 Å². The van der Waals surface area contributed by atoms with Gasteiger partial charge < -0.3 is 15.5 Å². The van der Waals surface area contributed by atoms with Crippen LogP contribution in [0.15, 0.2) is 61.2 Å². The SMILES string of the molecule is C=CCNC(=O)C1CCN(C(=O)c2cccc(NC(=O)c3ccc(Cl)cc3)c2)CC1. The van der Waals surface area contributed by atoms with Crippen LogP contribution in [0.2, 0.25) is 5.02 Å². The topological polar surface area (TPSA) is 78.5 Å². The zero-order valence-corrected chi connectivity index (χ0v) is 17.3. The number of piperidine rings is 1. The zero-order valence-electron chi connectivity index (χ0n) is 16.6. The predicted molar refractivity (Wildman–Crippen MR) is 118 cm³/mol. The van der Waals surface area contributed by atoms with Crippen molar-refractivity contribution in [3.05, 3.63) is 77.3 Å². The molecule has 1 aliphatic rings. The molecule has 0 unspecified atom stereocenters. The van der Waals surface area contributed by atoms with Gasteiger partial charge in [-0.25, -0.2) is 0 Å². The van der Waals surface area contributed by atoms with E-state index >= 15 is 0 Å². The lowest BCUT2D eigenvalue weighted by atomic mass is 9.95. The van der Waals surface area contributed by atoms with Crippen molar-refractivity contribution in [3.8, 4) is 0 Å². The van der Waals surface area contributed by atoms with Crippen LogP contribution in [-0.2, 0) is 4.79 Å². The Morgan fingerprint density at radius 1 is 1.07 bits per heavy atom. The standard InChI is InChI=1S/C23H24ClN3O3/c1-2-12-25-21(28)17-10-13-27(14-11-17)23(30)18-4-3-5-20(15-18)26-22(29)16-6-8-19(24)9-7-16/h2-9,15,17H,1,10-14H2,(H,25,28)(H,26,29). The summed E-state index contributed by atoms with van der Waals surface area (Å²) in [5.74, 6) is -0.460. The summed E-state index contributed by atoms with van der Waals surface area (Å²) in [6.07, 6.45) is 2.90. The van der Waals surface area contributed by atoms with E-state index in [1.54, 1.807) is 59.5 Å². The largest absolute Gasteiger partial charge is 0.352 e. The number of rotatable bonds is 6. The lowest BCUT2D eigenvalue weighted by Gasteiger charge is -2.31. The van der Waals surface area contributed by atoms with E-state index in [1.165, 1.54) is 0 Å². The summed E-state index contributed by atoms with van der Waals surface area (Å²) in [5, 5.41) is 6.17. The van der Waals surface area contributed by atoms with Gasteiger partial charge in [-0.15, -0.1) is 6.58 Å². The molecule has 0 aromatic heterocycles. The van der Waals surface area contributed by atoms with Gasteiger partial charge in [0.25, 0.3) is 11.8 Å². The summed E-state index contributed by atoms with van der Waals surface area (Å²) in [5.41, 5.74) is 1.52. The van der Waals surface area contributed by atoms with Crippen LogP contribution in [0.25, 0.3) is 0 Å².